The predicted molar refractivity (Wildman–Crippen MR) is 86.0 cm³/mol. The third kappa shape index (κ3) is 2.57. The third-order valence-electron chi connectivity index (χ3n) is 4.69. The summed E-state index contributed by atoms with van der Waals surface area (Å²) in [6, 6.07) is 1.64. The topological polar surface area (TPSA) is 62.1 Å². The number of nitrogens with zero attached hydrogens (tertiary/aromatic N) is 2. The molecule has 23 heavy (non-hydrogen) atoms. The lowest BCUT2D eigenvalue weighted by Crippen LogP contribution is -3.14. The minimum Gasteiger partial charge on any atom is -0.311 e. The average molecular weight is 336 g/mol. The number of urea groups is 1. The van der Waals surface area contributed by atoms with E-state index < -0.39 is 17.8 Å². The minimum absolute atomic E-state index is 0.264. The summed E-state index contributed by atoms with van der Waals surface area (Å²) in [5.41, 5.74) is 1.32. The largest absolute Gasteiger partial charge is 0.338 e. The van der Waals surface area contributed by atoms with Gasteiger partial charge in [0.15, 0.2) is 6.67 Å². The SMILES string of the molecule is CC[C@H]1c2ccsc2CC[NH+]1CN1C(=O)C(=O)N(C(C)C)C1=O. The molecule has 3 heterocycles. The number of carbonyl (C=O) groups is 3. The van der Waals surface area contributed by atoms with E-state index in [1.54, 1.807) is 25.2 Å². The molecular weight excluding hydrogens is 314 g/mol. The Morgan fingerprint density at radius 1 is 1.30 bits per heavy atom. The molecule has 124 valence electrons. The molecule has 0 bridgehead atoms. The first-order chi connectivity index (χ1) is 11.0. The zero-order valence-electron chi connectivity index (χ0n) is 13.7. The monoisotopic (exact) mass is 336 g/mol. The van der Waals surface area contributed by atoms with E-state index in [4.69, 9.17) is 0 Å². The highest BCUT2D eigenvalue weighted by atomic mass is 32.1. The molecule has 3 rings (SSSR count). The highest BCUT2D eigenvalue weighted by Gasteiger charge is 2.48. The molecule has 1 aromatic rings. The molecule has 1 N–H and O–H groups in total. The first kappa shape index (κ1) is 16.1. The van der Waals surface area contributed by atoms with E-state index in [1.807, 2.05) is 0 Å². The number of hydrogen-bond acceptors (Lipinski definition) is 4. The van der Waals surface area contributed by atoms with Gasteiger partial charge in [-0.1, -0.05) is 6.92 Å². The number of quaternary nitrogens is 1. The number of thiophene rings is 1. The molecule has 1 saturated heterocycles. The molecule has 7 heteroatoms. The van der Waals surface area contributed by atoms with Gasteiger partial charge < -0.3 is 4.90 Å². The van der Waals surface area contributed by atoms with Crippen molar-refractivity contribution >= 4 is 29.2 Å². The molecular formula is C16H22N3O3S+. The maximum absolute atomic E-state index is 12.4. The van der Waals surface area contributed by atoms with Crippen molar-refractivity contribution in [2.24, 2.45) is 0 Å². The molecule has 0 saturated carbocycles. The van der Waals surface area contributed by atoms with Gasteiger partial charge in [-0.3, -0.25) is 14.5 Å². The van der Waals surface area contributed by atoms with Gasteiger partial charge in [-0.05, 0) is 25.3 Å². The van der Waals surface area contributed by atoms with Gasteiger partial charge in [-0.2, -0.15) is 0 Å². The fourth-order valence-corrected chi connectivity index (χ4v) is 4.50. The zero-order valence-corrected chi connectivity index (χ0v) is 14.5. The van der Waals surface area contributed by atoms with Gasteiger partial charge in [0.05, 0.1) is 6.54 Å². The lowest BCUT2D eigenvalue weighted by atomic mass is 9.98. The van der Waals surface area contributed by atoms with E-state index >= 15 is 0 Å². The highest BCUT2D eigenvalue weighted by molar-refractivity contribution is 7.10. The maximum Gasteiger partial charge on any atom is 0.338 e. The standard InChI is InChI=1S/C16H21N3O3S/c1-4-12-11-6-8-23-13(11)5-7-17(12)9-18-14(20)15(21)19(10(2)3)16(18)22/h6,8,10,12H,4-5,7,9H2,1-3H3/p+1/t12-/m0/s1. The average Bonchev–Trinajstić information content (AvgIpc) is 3.06. The quantitative estimate of drug-likeness (QED) is 0.653. The Kier molecular flexibility index (Phi) is 4.25. The van der Waals surface area contributed by atoms with Crippen molar-refractivity contribution in [3.63, 3.8) is 0 Å². The lowest BCUT2D eigenvalue weighted by molar-refractivity contribution is -0.940. The number of carbonyl (C=O) groups excluding carboxylic acids is 3. The summed E-state index contributed by atoms with van der Waals surface area (Å²) in [7, 11) is 0. The Bertz CT molecular complexity index is 655. The smallest absolute Gasteiger partial charge is 0.311 e. The van der Waals surface area contributed by atoms with Crippen molar-refractivity contribution in [1.29, 1.82) is 0 Å². The van der Waals surface area contributed by atoms with Gasteiger partial charge in [0.1, 0.15) is 6.04 Å². The highest BCUT2D eigenvalue weighted by Crippen LogP contribution is 2.27. The van der Waals surface area contributed by atoms with Crippen molar-refractivity contribution in [3.8, 4) is 0 Å². The zero-order chi connectivity index (χ0) is 16.7. The second-order valence-electron chi connectivity index (χ2n) is 6.36. The number of fused-ring (bicyclic) bond motifs is 1. The van der Waals surface area contributed by atoms with Gasteiger partial charge >= 0.3 is 17.8 Å². The van der Waals surface area contributed by atoms with Gasteiger partial charge in [-0.25, -0.2) is 9.69 Å². The van der Waals surface area contributed by atoms with Crippen LogP contribution in [0, 0.1) is 0 Å². The Morgan fingerprint density at radius 3 is 2.65 bits per heavy atom. The van der Waals surface area contributed by atoms with Crippen molar-refractivity contribution in [2.45, 2.75) is 45.7 Å². The summed E-state index contributed by atoms with van der Waals surface area (Å²) in [6.07, 6.45) is 1.90. The summed E-state index contributed by atoms with van der Waals surface area (Å²) in [4.78, 5) is 41.4. The third-order valence-corrected chi connectivity index (χ3v) is 5.69. The summed E-state index contributed by atoms with van der Waals surface area (Å²) < 4.78 is 0. The first-order valence-electron chi connectivity index (χ1n) is 8.05. The van der Waals surface area contributed by atoms with Crippen LogP contribution < -0.4 is 4.90 Å². The minimum atomic E-state index is -0.703. The fourth-order valence-electron chi connectivity index (χ4n) is 3.55. The first-order valence-corrected chi connectivity index (χ1v) is 8.93. The van der Waals surface area contributed by atoms with Gasteiger partial charge in [0.2, 0.25) is 0 Å². The lowest BCUT2D eigenvalue weighted by Gasteiger charge is -2.33. The summed E-state index contributed by atoms with van der Waals surface area (Å²) in [5.74, 6) is -1.40. The van der Waals surface area contributed by atoms with E-state index in [1.165, 1.54) is 15.3 Å². The van der Waals surface area contributed by atoms with Crippen LogP contribution in [0.25, 0.3) is 0 Å². The van der Waals surface area contributed by atoms with Crippen LogP contribution in [-0.4, -0.2) is 46.9 Å². The second kappa shape index (κ2) is 6.05. The Hall–Kier alpha value is -1.73. The molecule has 1 fully saturated rings. The Morgan fingerprint density at radius 2 is 2.04 bits per heavy atom. The van der Waals surface area contributed by atoms with Crippen molar-refractivity contribution in [1.82, 2.24) is 9.80 Å². The van der Waals surface area contributed by atoms with Crippen LogP contribution in [0.2, 0.25) is 0 Å². The molecule has 2 atom stereocenters. The summed E-state index contributed by atoms with van der Waals surface area (Å²) >= 11 is 1.77. The van der Waals surface area contributed by atoms with Crippen LogP contribution in [0.5, 0.6) is 0 Å². The predicted octanol–water partition coefficient (Wildman–Crippen LogP) is 0.797. The van der Waals surface area contributed by atoms with Crippen molar-refractivity contribution in [2.75, 3.05) is 13.2 Å². The molecule has 0 spiro atoms. The molecule has 0 radical (unpaired) electrons. The molecule has 1 unspecified atom stereocenters. The molecule has 2 aliphatic rings. The molecule has 2 aliphatic heterocycles. The number of amides is 4. The van der Waals surface area contributed by atoms with Crippen molar-refractivity contribution in [3.05, 3.63) is 21.9 Å². The molecule has 6 nitrogen and oxygen atoms in total. The van der Waals surface area contributed by atoms with Crippen LogP contribution in [0.4, 0.5) is 4.79 Å². The summed E-state index contributed by atoms with van der Waals surface area (Å²) in [6.45, 7) is 6.75. The molecule has 0 aromatic carbocycles. The fraction of sp³-hybridized carbons (Fsp3) is 0.562. The molecule has 1 aromatic heterocycles. The number of rotatable bonds is 4. The van der Waals surface area contributed by atoms with Crippen LogP contribution in [0.1, 0.15) is 43.7 Å². The van der Waals surface area contributed by atoms with E-state index in [9.17, 15) is 14.4 Å². The van der Waals surface area contributed by atoms with E-state index in [2.05, 4.69) is 18.4 Å². The second-order valence-corrected chi connectivity index (χ2v) is 7.36. The Labute approximate surface area is 139 Å². The van der Waals surface area contributed by atoms with Crippen molar-refractivity contribution < 1.29 is 19.3 Å². The van der Waals surface area contributed by atoms with E-state index in [0.29, 0.717) is 0 Å². The molecule has 4 amide bonds. The number of nitrogens with one attached hydrogen (secondary N) is 1. The van der Waals surface area contributed by atoms with E-state index in [-0.39, 0.29) is 18.8 Å². The van der Waals surface area contributed by atoms with Crippen LogP contribution >= 0.6 is 11.3 Å². The number of imide groups is 2. The van der Waals surface area contributed by atoms with E-state index in [0.717, 1.165) is 29.2 Å². The van der Waals surface area contributed by atoms with Gasteiger partial charge in [0.25, 0.3) is 0 Å². The van der Waals surface area contributed by atoms with Gasteiger partial charge in [-0.15, -0.1) is 11.3 Å². The van der Waals surface area contributed by atoms with Crippen LogP contribution in [0.3, 0.4) is 0 Å². The van der Waals surface area contributed by atoms with Crippen LogP contribution in [-0.2, 0) is 16.0 Å². The number of hydrogen-bond donors (Lipinski definition) is 1. The normalized spacial score (nSPS) is 24.8. The van der Waals surface area contributed by atoms with Gasteiger partial charge in [0, 0.05) is 29.3 Å². The Balaban J connectivity index is 1.81. The molecule has 0 aliphatic carbocycles. The van der Waals surface area contributed by atoms with Crippen LogP contribution in [0.15, 0.2) is 11.4 Å². The summed E-state index contributed by atoms with van der Waals surface area (Å²) in [5, 5.41) is 2.10. The maximum atomic E-state index is 12.4.